The van der Waals surface area contributed by atoms with Gasteiger partial charge in [-0.05, 0) is 30.7 Å². The van der Waals surface area contributed by atoms with Gasteiger partial charge in [-0.25, -0.2) is 13.2 Å². The average Bonchev–Trinajstić information content (AvgIpc) is 2.33. The van der Waals surface area contributed by atoms with E-state index in [0.29, 0.717) is 12.1 Å². The predicted octanol–water partition coefficient (Wildman–Crippen LogP) is 3.15. The van der Waals surface area contributed by atoms with Crippen LogP contribution in [0.3, 0.4) is 0 Å². The molecule has 0 saturated carbocycles. The van der Waals surface area contributed by atoms with E-state index in [1.165, 1.54) is 12.1 Å². The number of nitrogens with one attached hydrogen (secondary N) is 1. The molecule has 0 amide bonds. The zero-order chi connectivity index (χ0) is 13.4. The summed E-state index contributed by atoms with van der Waals surface area (Å²) in [7, 11) is 0. The molecule has 1 atom stereocenters. The summed E-state index contributed by atoms with van der Waals surface area (Å²) in [4.78, 5) is 0. The number of alkyl halides is 2. The molecule has 0 bridgehead atoms. The van der Waals surface area contributed by atoms with E-state index < -0.39 is 25.0 Å². The minimum atomic E-state index is -2.52. The summed E-state index contributed by atoms with van der Waals surface area (Å²) in [5, 5.41) is 3.08. The summed E-state index contributed by atoms with van der Waals surface area (Å²) in [5.41, 5.74) is 0.569. The molecule has 0 heterocycles. The van der Waals surface area contributed by atoms with Crippen molar-refractivity contribution in [1.82, 2.24) is 5.32 Å². The number of ether oxygens (including phenoxy) is 1. The van der Waals surface area contributed by atoms with Crippen LogP contribution in [0.4, 0.5) is 13.2 Å². The molecule has 5 heteroatoms. The number of hydrogen-bond donors (Lipinski definition) is 1. The molecule has 0 aliphatic rings. The van der Waals surface area contributed by atoms with Crippen LogP contribution in [0.1, 0.15) is 25.0 Å². The molecule has 2 nitrogen and oxygen atoms in total. The molecule has 1 unspecified atom stereocenters. The minimum absolute atomic E-state index is 0.393. The quantitative estimate of drug-likeness (QED) is 0.726. The summed E-state index contributed by atoms with van der Waals surface area (Å²) in [6.45, 7) is 2.52. The van der Waals surface area contributed by atoms with Crippen molar-refractivity contribution in [2.45, 2.75) is 25.9 Å². The van der Waals surface area contributed by atoms with Gasteiger partial charge in [-0.3, -0.25) is 0 Å². The number of halogens is 3. The zero-order valence-electron chi connectivity index (χ0n) is 10.3. The monoisotopic (exact) mass is 261 g/mol. The van der Waals surface area contributed by atoms with Crippen LogP contribution in [-0.2, 0) is 4.74 Å². The lowest BCUT2D eigenvalue weighted by Gasteiger charge is -2.19. The largest absolute Gasteiger partial charge is 0.366 e. The van der Waals surface area contributed by atoms with E-state index in [0.717, 1.165) is 13.0 Å². The first-order chi connectivity index (χ1) is 8.63. The second-order valence-electron chi connectivity index (χ2n) is 3.97. The van der Waals surface area contributed by atoms with E-state index >= 15 is 0 Å². The maximum atomic E-state index is 13.1. The third-order valence-corrected chi connectivity index (χ3v) is 2.40. The van der Waals surface area contributed by atoms with Crippen molar-refractivity contribution in [2.75, 3.05) is 19.7 Å². The van der Waals surface area contributed by atoms with Gasteiger partial charge in [0, 0.05) is 6.54 Å². The number of rotatable bonds is 8. The highest BCUT2D eigenvalue weighted by atomic mass is 19.3. The molecule has 0 aromatic heterocycles. The minimum Gasteiger partial charge on any atom is -0.366 e. The Morgan fingerprint density at radius 3 is 2.72 bits per heavy atom. The zero-order valence-corrected chi connectivity index (χ0v) is 10.3. The van der Waals surface area contributed by atoms with Crippen LogP contribution in [-0.4, -0.2) is 26.1 Å². The van der Waals surface area contributed by atoms with E-state index in [1.54, 1.807) is 12.1 Å². The highest BCUT2D eigenvalue weighted by Crippen LogP contribution is 2.18. The molecule has 1 aromatic carbocycles. The van der Waals surface area contributed by atoms with Crippen molar-refractivity contribution in [2.24, 2.45) is 0 Å². The van der Waals surface area contributed by atoms with Gasteiger partial charge in [0.15, 0.2) is 0 Å². The molecule has 0 spiro atoms. The van der Waals surface area contributed by atoms with Crippen LogP contribution in [0.2, 0.25) is 0 Å². The van der Waals surface area contributed by atoms with Gasteiger partial charge in [0.1, 0.15) is 12.4 Å². The molecule has 1 rings (SSSR count). The van der Waals surface area contributed by atoms with Crippen molar-refractivity contribution < 1.29 is 17.9 Å². The van der Waals surface area contributed by atoms with Gasteiger partial charge < -0.3 is 10.1 Å². The van der Waals surface area contributed by atoms with Gasteiger partial charge in [0.05, 0.1) is 6.10 Å². The molecule has 0 saturated heterocycles. The SMILES string of the molecule is CCCNCC(OCC(F)F)c1cccc(F)c1. The standard InChI is InChI=1S/C13H18F3NO/c1-2-6-17-8-12(18-9-13(15)16)10-4-3-5-11(14)7-10/h3-5,7,12-13,17H,2,6,8-9H2,1H3. The predicted molar refractivity (Wildman–Crippen MR) is 64.3 cm³/mol. The summed E-state index contributed by atoms with van der Waals surface area (Å²) in [5.74, 6) is -0.395. The Bertz CT molecular complexity index is 347. The highest BCUT2D eigenvalue weighted by Gasteiger charge is 2.15. The van der Waals surface area contributed by atoms with Crippen LogP contribution in [0.5, 0.6) is 0 Å². The first kappa shape index (κ1) is 15.0. The summed E-state index contributed by atoms with van der Waals surface area (Å²) in [6.07, 6.45) is -2.14. The molecular formula is C13H18F3NO. The van der Waals surface area contributed by atoms with Gasteiger partial charge >= 0.3 is 0 Å². The van der Waals surface area contributed by atoms with Gasteiger partial charge in [-0.1, -0.05) is 19.1 Å². The Labute approximate surface area is 105 Å². The van der Waals surface area contributed by atoms with Gasteiger partial charge in [-0.15, -0.1) is 0 Å². The Hall–Kier alpha value is -1.07. The molecular weight excluding hydrogens is 243 g/mol. The Balaban J connectivity index is 2.63. The molecule has 18 heavy (non-hydrogen) atoms. The maximum Gasteiger partial charge on any atom is 0.261 e. The van der Waals surface area contributed by atoms with E-state index in [2.05, 4.69) is 5.32 Å². The van der Waals surface area contributed by atoms with Crippen molar-refractivity contribution in [3.05, 3.63) is 35.6 Å². The van der Waals surface area contributed by atoms with Crippen molar-refractivity contribution in [3.63, 3.8) is 0 Å². The lowest BCUT2D eigenvalue weighted by Crippen LogP contribution is -2.25. The summed E-state index contributed by atoms with van der Waals surface area (Å²) < 4.78 is 42.5. The maximum absolute atomic E-state index is 13.1. The Morgan fingerprint density at radius 1 is 1.33 bits per heavy atom. The fraction of sp³-hybridized carbons (Fsp3) is 0.538. The normalized spacial score (nSPS) is 12.9. The highest BCUT2D eigenvalue weighted by molar-refractivity contribution is 5.19. The molecule has 1 N–H and O–H groups in total. The van der Waals surface area contributed by atoms with E-state index in [-0.39, 0.29) is 0 Å². The van der Waals surface area contributed by atoms with Crippen LogP contribution >= 0.6 is 0 Å². The number of benzene rings is 1. The fourth-order valence-corrected chi connectivity index (χ4v) is 1.58. The topological polar surface area (TPSA) is 21.3 Å². The number of hydrogen-bond acceptors (Lipinski definition) is 2. The molecule has 0 fully saturated rings. The summed E-state index contributed by atoms with van der Waals surface area (Å²) in [6, 6.07) is 5.84. The summed E-state index contributed by atoms with van der Waals surface area (Å²) >= 11 is 0. The van der Waals surface area contributed by atoms with Gasteiger partial charge in [-0.2, -0.15) is 0 Å². The first-order valence-electron chi connectivity index (χ1n) is 5.99. The van der Waals surface area contributed by atoms with Gasteiger partial charge in [0.25, 0.3) is 6.43 Å². The van der Waals surface area contributed by atoms with E-state index in [9.17, 15) is 13.2 Å². The molecule has 1 aromatic rings. The van der Waals surface area contributed by atoms with Crippen LogP contribution in [0.25, 0.3) is 0 Å². The lowest BCUT2D eigenvalue weighted by molar-refractivity contribution is -0.0246. The van der Waals surface area contributed by atoms with E-state index in [4.69, 9.17) is 4.74 Å². The van der Waals surface area contributed by atoms with Gasteiger partial charge in [0.2, 0.25) is 0 Å². The van der Waals surface area contributed by atoms with Crippen LogP contribution < -0.4 is 5.32 Å². The van der Waals surface area contributed by atoms with E-state index in [1.807, 2.05) is 6.92 Å². The van der Waals surface area contributed by atoms with Crippen LogP contribution in [0, 0.1) is 5.82 Å². The lowest BCUT2D eigenvalue weighted by atomic mass is 10.1. The first-order valence-corrected chi connectivity index (χ1v) is 5.99. The molecule has 102 valence electrons. The van der Waals surface area contributed by atoms with Crippen LogP contribution in [0.15, 0.2) is 24.3 Å². The van der Waals surface area contributed by atoms with Crippen molar-refractivity contribution in [3.8, 4) is 0 Å². The second kappa shape index (κ2) is 8.11. The molecule has 0 radical (unpaired) electrons. The average molecular weight is 261 g/mol. The Morgan fingerprint density at radius 2 is 2.11 bits per heavy atom. The van der Waals surface area contributed by atoms with Crippen molar-refractivity contribution in [1.29, 1.82) is 0 Å². The third-order valence-electron chi connectivity index (χ3n) is 2.40. The fourth-order valence-electron chi connectivity index (χ4n) is 1.58. The molecule has 0 aliphatic carbocycles. The molecule has 0 aliphatic heterocycles. The third kappa shape index (κ3) is 5.51. The second-order valence-corrected chi connectivity index (χ2v) is 3.97. The smallest absolute Gasteiger partial charge is 0.261 e. The van der Waals surface area contributed by atoms with Crippen molar-refractivity contribution >= 4 is 0 Å². The Kier molecular flexibility index (Phi) is 6.75.